The fourth-order valence-electron chi connectivity index (χ4n) is 2.29. The quantitative estimate of drug-likeness (QED) is 0.872. The molecular weight excluding hydrogens is 286 g/mol. The van der Waals surface area contributed by atoms with Crippen LogP contribution in [0.15, 0.2) is 24.3 Å². The molecule has 0 bridgehead atoms. The first kappa shape index (κ1) is 13.7. The van der Waals surface area contributed by atoms with Crippen LogP contribution in [0.1, 0.15) is 11.3 Å². The second-order valence-electron chi connectivity index (χ2n) is 4.94. The van der Waals surface area contributed by atoms with E-state index in [1.54, 1.807) is 0 Å². The summed E-state index contributed by atoms with van der Waals surface area (Å²) in [7, 11) is 1.94. The third kappa shape index (κ3) is 2.65. The predicted molar refractivity (Wildman–Crippen MR) is 81.2 cm³/mol. The highest BCUT2D eigenvalue weighted by molar-refractivity contribution is 7.10. The SMILES string of the molecule is Cc1nsc(N(C)CC2COc3ccccc3O2)c1C#N. The summed E-state index contributed by atoms with van der Waals surface area (Å²) in [4.78, 5) is 2.01. The average Bonchev–Trinajstić information content (AvgIpc) is 2.88. The minimum atomic E-state index is -0.0705. The molecule has 0 saturated carbocycles. The normalized spacial score (nSPS) is 16.3. The van der Waals surface area contributed by atoms with Gasteiger partial charge in [-0.15, -0.1) is 0 Å². The van der Waals surface area contributed by atoms with Gasteiger partial charge in [-0.25, -0.2) is 0 Å². The molecule has 0 N–H and O–H groups in total. The molecule has 21 heavy (non-hydrogen) atoms. The summed E-state index contributed by atoms with van der Waals surface area (Å²) in [5, 5.41) is 10.1. The molecule has 0 amide bonds. The van der Waals surface area contributed by atoms with Gasteiger partial charge < -0.3 is 14.4 Å². The van der Waals surface area contributed by atoms with Crippen LogP contribution in [0.3, 0.4) is 0 Å². The van der Waals surface area contributed by atoms with E-state index < -0.39 is 0 Å². The fourth-order valence-corrected chi connectivity index (χ4v) is 3.10. The van der Waals surface area contributed by atoms with Gasteiger partial charge in [-0.05, 0) is 30.6 Å². The minimum absolute atomic E-state index is 0.0705. The Morgan fingerprint density at radius 2 is 2.19 bits per heavy atom. The molecule has 1 aromatic carbocycles. The highest BCUT2D eigenvalue weighted by Crippen LogP contribution is 2.32. The van der Waals surface area contributed by atoms with Crippen molar-refractivity contribution in [1.29, 1.82) is 5.26 Å². The van der Waals surface area contributed by atoms with Crippen LogP contribution in [0.2, 0.25) is 0 Å². The van der Waals surface area contributed by atoms with E-state index in [0.717, 1.165) is 22.2 Å². The van der Waals surface area contributed by atoms with E-state index in [9.17, 15) is 5.26 Å². The molecule has 0 saturated heterocycles. The number of ether oxygens (including phenoxy) is 2. The number of aromatic nitrogens is 1. The Hall–Kier alpha value is -2.26. The second kappa shape index (κ2) is 5.62. The fraction of sp³-hybridized carbons (Fsp3) is 0.333. The van der Waals surface area contributed by atoms with Gasteiger partial charge in [0.25, 0.3) is 0 Å². The molecule has 1 atom stereocenters. The Morgan fingerprint density at radius 3 is 2.95 bits per heavy atom. The molecule has 0 aliphatic carbocycles. The lowest BCUT2D eigenvalue weighted by Crippen LogP contribution is -2.39. The van der Waals surface area contributed by atoms with Crippen molar-refractivity contribution < 1.29 is 9.47 Å². The monoisotopic (exact) mass is 301 g/mol. The second-order valence-corrected chi connectivity index (χ2v) is 5.69. The molecular formula is C15H15N3O2S. The number of para-hydroxylation sites is 2. The van der Waals surface area contributed by atoms with E-state index in [-0.39, 0.29) is 6.10 Å². The topological polar surface area (TPSA) is 58.4 Å². The summed E-state index contributed by atoms with van der Waals surface area (Å²) in [5.41, 5.74) is 1.41. The van der Waals surface area contributed by atoms with E-state index in [1.807, 2.05) is 43.1 Å². The summed E-state index contributed by atoms with van der Waals surface area (Å²) < 4.78 is 15.9. The third-order valence-electron chi connectivity index (χ3n) is 3.35. The molecule has 2 heterocycles. The zero-order valence-electron chi connectivity index (χ0n) is 11.9. The van der Waals surface area contributed by atoms with Gasteiger partial charge in [0, 0.05) is 7.05 Å². The summed E-state index contributed by atoms with van der Waals surface area (Å²) in [6.45, 7) is 2.99. The first-order chi connectivity index (χ1) is 10.2. The van der Waals surface area contributed by atoms with E-state index in [1.165, 1.54) is 11.5 Å². The van der Waals surface area contributed by atoms with Gasteiger partial charge in [-0.1, -0.05) is 12.1 Å². The molecule has 0 fully saturated rings. The first-order valence-electron chi connectivity index (χ1n) is 6.65. The molecule has 2 aromatic rings. The van der Waals surface area contributed by atoms with Crippen molar-refractivity contribution in [1.82, 2.24) is 4.37 Å². The molecule has 6 heteroatoms. The van der Waals surface area contributed by atoms with Crippen molar-refractivity contribution in [2.45, 2.75) is 13.0 Å². The molecule has 0 spiro atoms. The average molecular weight is 301 g/mol. The van der Waals surface area contributed by atoms with Crippen molar-refractivity contribution in [3.8, 4) is 17.6 Å². The van der Waals surface area contributed by atoms with Crippen LogP contribution in [0, 0.1) is 18.3 Å². The molecule has 5 nitrogen and oxygen atoms in total. The maximum absolute atomic E-state index is 9.21. The van der Waals surface area contributed by atoms with Gasteiger partial charge >= 0.3 is 0 Å². The van der Waals surface area contributed by atoms with Gasteiger partial charge in [-0.3, -0.25) is 0 Å². The number of anilines is 1. The Labute approximate surface area is 127 Å². The highest BCUT2D eigenvalue weighted by atomic mass is 32.1. The van der Waals surface area contributed by atoms with Crippen LogP contribution >= 0.6 is 11.5 Å². The number of nitrogens with zero attached hydrogens (tertiary/aromatic N) is 3. The predicted octanol–water partition coefficient (Wildman–Crippen LogP) is 2.60. The number of fused-ring (bicyclic) bond motifs is 1. The standard InChI is InChI=1S/C15H15N3O2S/c1-10-12(7-16)15(21-17-10)18(2)8-11-9-19-13-5-3-4-6-14(13)20-11/h3-6,11H,8-9H2,1-2H3. The van der Waals surface area contributed by atoms with E-state index in [0.29, 0.717) is 18.7 Å². The molecule has 1 aliphatic rings. The van der Waals surface area contributed by atoms with Gasteiger partial charge in [0.1, 0.15) is 23.2 Å². The molecule has 108 valence electrons. The molecule has 0 radical (unpaired) electrons. The molecule has 1 aliphatic heterocycles. The molecule has 1 unspecified atom stereocenters. The maximum atomic E-state index is 9.21. The van der Waals surface area contributed by atoms with Gasteiger partial charge in [0.2, 0.25) is 0 Å². The smallest absolute Gasteiger partial charge is 0.161 e. The molecule has 1 aromatic heterocycles. The summed E-state index contributed by atoms with van der Waals surface area (Å²) in [6, 6.07) is 9.86. The highest BCUT2D eigenvalue weighted by Gasteiger charge is 2.24. The van der Waals surface area contributed by atoms with Crippen LogP contribution in [0.4, 0.5) is 5.00 Å². The van der Waals surface area contributed by atoms with Gasteiger partial charge in [0.15, 0.2) is 17.6 Å². The van der Waals surface area contributed by atoms with Crippen molar-refractivity contribution in [2.24, 2.45) is 0 Å². The number of nitriles is 1. The lowest BCUT2D eigenvalue weighted by Gasteiger charge is -2.29. The number of hydrogen-bond acceptors (Lipinski definition) is 6. The Balaban J connectivity index is 1.72. The lowest BCUT2D eigenvalue weighted by molar-refractivity contribution is 0.0961. The Morgan fingerprint density at radius 1 is 1.43 bits per heavy atom. The van der Waals surface area contributed by atoms with Crippen molar-refractivity contribution >= 4 is 16.5 Å². The van der Waals surface area contributed by atoms with Gasteiger partial charge in [0.05, 0.1) is 12.2 Å². The Kier molecular flexibility index (Phi) is 3.67. The van der Waals surface area contributed by atoms with Crippen LogP contribution in [-0.4, -0.2) is 30.7 Å². The zero-order chi connectivity index (χ0) is 14.8. The summed E-state index contributed by atoms with van der Waals surface area (Å²) in [5.74, 6) is 1.55. The number of benzene rings is 1. The lowest BCUT2D eigenvalue weighted by atomic mass is 10.2. The minimum Gasteiger partial charge on any atom is -0.486 e. The van der Waals surface area contributed by atoms with E-state index >= 15 is 0 Å². The Bertz CT molecular complexity index is 692. The van der Waals surface area contributed by atoms with Crippen molar-refractivity contribution in [3.05, 3.63) is 35.5 Å². The van der Waals surface area contributed by atoms with Crippen LogP contribution in [0.25, 0.3) is 0 Å². The number of likely N-dealkylation sites (N-methyl/N-ethyl adjacent to an activating group) is 1. The first-order valence-corrected chi connectivity index (χ1v) is 7.42. The van der Waals surface area contributed by atoms with Gasteiger partial charge in [-0.2, -0.15) is 9.64 Å². The van der Waals surface area contributed by atoms with E-state index in [2.05, 4.69) is 10.4 Å². The number of rotatable bonds is 3. The van der Waals surface area contributed by atoms with Crippen LogP contribution in [-0.2, 0) is 0 Å². The van der Waals surface area contributed by atoms with E-state index in [4.69, 9.17) is 9.47 Å². The molecule has 3 rings (SSSR count). The number of hydrogen-bond donors (Lipinski definition) is 0. The summed E-state index contributed by atoms with van der Waals surface area (Å²) >= 11 is 1.34. The zero-order valence-corrected chi connectivity index (χ0v) is 12.7. The van der Waals surface area contributed by atoms with Crippen molar-refractivity contribution in [3.63, 3.8) is 0 Å². The third-order valence-corrected chi connectivity index (χ3v) is 4.40. The van der Waals surface area contributed by atoms with Crippen LogP contribution < -0.4 is 14.4 Å². The van der Waals surface area contributed by atoms with Crippen molar-refractivity contribution in [2.75, 3.05) is 25.1 Å². The largest absolute Gasteiger partial charge is 0.486 e. The number of aryl methyl sites for hydroxylation is 1. The van der Waals surface area contributed by atoms with Crippen LogP contribution in [0.5, 0.6) is 11.5 Å². The maximum Gasteiger partial charge on any atom is 0.161 e. The summed E-state index contributed by atoms with van der Waals surface area (Å²) in [6.07, 6.45) is -0.0705.